The molecular weight excluding hydrogens is 366 g/mol. The topological polar surface area (TPSA) is 55.4 Å². The van der Waals surface area contributed by atoms with E-state index in [2.05, 4.69) is 5.32 Å². The van der Waals surface area contributed by atoms with Crippen LogP contribution in [0.1, 0.15) is 58.8 Å². The Morgan fingerprint density at radius 1 is 1.23 bits per heavy atom. The fraction of sp³-hybridized carbons (Fsp3) is 0.400. The van der Waals surface area contributed by atoms with E-state index in [1.165, 1.54) is 28.7 Å². The second-order valence-electron chi connectivity index (χ2n) is 6.56. The third-order valence-corrected chi connectivity index (χ3v) is 6.19. The Morgan fingerprint density at radius 3 is 2.77 bits per heavy atom. The molecule has 2 aromatic rings. The van der Waals surface area contributed by atoms with Crippen LogP contribution in [0.3, 0.4) is 0 Å². The number of hydrogen-bond donors (Lipinski definition) is 1. The second kappa shape index (κ2) is 8.64. The summed E-state index contributed by atoms with van der Waals surface area (Å²) in [7, 11) is 0. The van der Waals surface area contributed by atoms with E-state index in [0.717, 1.165) is 36.1 Å². The molecule has 26 heavy (non-hydrogen) atoms. The van der Waals surface area contributed by atoms with Crippen molar-refractivity contribution in [2.45, 2.75) is 52.1 Å². The summed E-state index contributed by atoms with van der Waals surface area (Å²) in [6.07, 6.45) is 8.29. The summed E-state index contributed by atoms with van der Waals surface area (Å²) in [6, 6.07) is 3.89. The number of ether oxygens (including phenoxy) is 1. The molecule has 0 saturated carbocycles. The summed E-state index contributed by atoms with van der Waals surface area (Å²) in [5.41, 5.74) is 1.62. The monoisotopic (exact) mass is 389 g/mol. The van der Waals surface area contributed by atoms with Crippen LogP contribution in [-0.2, 0) is 22.4 Å². The number of carbonyl (C=O) groups excluding carboxylic acids is 2. The smallest absolute Gasteiger partial charge is 0.341 e. The highest BCUT2D eigenvalue weighted by Gasteiger charge is 2.26. The van der Waals surface area contributed by atoms with Crippen molar-refractivity contribution >= 4 is 45.6 Å². The maximum atomic E-state index is 12.7. The average molecular weight is 390 g/mol. The van der Waals surface area contributed by atoms with Crippen LogP contribution in [0.5, 0.6) is 0 Å². The molecule has 1 aliphatic carbocycles. The molecule has 2 heterocycles. The van der Waals surface area contributed by atoms with Gasteiger partial charge in [0.15, 0.2) is 0 Å². The van der Waals surface area contributed by atoms with Crippen molar-refractivity contribution in [2.75, 3.05) is 5.32 Å². The van der Waals surface area contributed by atoms with Crippen LogP contribution >= 0.6 is 22.7 Å². The van der Waals surface area contributed by atoms with E-state index in [-0.39, 0.29) is 18.0 Å². The number of thiophene rings is 2. The number of nitrogens with one attached hydrogen (secondary N) is 1. The molecule has 0 spiro atoms. The van der Waals surface area contributed by atoms with Gasteiger partial charge in [-0.3, -0.25) is 4.79 Å². The van der Waals surface area contributed by atoms with Crippen molar-refractivity contribution in [2.24, 2.45) is 0 Å². The minimum Gasteiger partial charge on any atom is -0.459 e. The van der Waals surface area contributed by atoms with E-state index < -0.39 is 0 Å². The second-order valence-corrected chi connectivity index (χ2v) is 8.65. The Kier molecular flexibility index (Phi) is 6.27. The Morgan fingerprint density at radius 2 is 2.04 bits per heavy atom. The molecule has 0 bridgehead atoms. The number of hydrogen-bond acceptors (Lipinski definition) is 5. The molecule has 0 aliphatic heterocycles. The van der Waals surface area contributed by atoms with Crippen LogP contribution in [0, 0.1) is 0 Å². The molecule has 138 valence electrons. The van der Waals surface area contributed by atoms with Gasteiger partial charge in [-0.25, -0.2) is 4.79 Å². The summed E-state index contributed by atoms with van der Waals surface area (Å²) in [5.74, 6) is -0.564. The van der Waals surface area contributed by atoms with Crippen molar-refractivity contribution in [1.82, 2.24) is 0 Å². The standard InChI is InChI=1S/C20H23NO3S2/c1-13(2)24-20(23)18-15-8-4-3-5-9-16(15)26-19(18)21-17(22)11-10-14-7-6-12-25-14/h6-7,10-13H,3-5,8-9H2,1-2H3,(H,21,22)/b11-10+. The van der Waals surface area contributed by atoms with Gasteiger partial charge < -0.3 is 10.1 Å². The van der Waals surface area contributed by atoms with Crippen LogP contribution in [0.25, 0.3) is 6.08 Å². The van der Waals surface area contributed by atoms with Crippen molar-refractivity contribution in [3.63, 3.8) is 0 Å². The molecule has 2 aromatic heterocycles. The van der Waals surface area contributed by atoms with Crippen molar-refractivity contribution in [1.29, 1.82) is 0 Å². The summed E-state index contributed by atoms with van der Waals surface area (Å²) in [4.78, 5) is 27.2. The van der Waals surface area contributed by atoms with Crippen LogP contribution in [0.2, 0.25) is 0 Å². The summed E-state index contributed by atoms with van der Waals surface area (Å²) in [5, 5.41) is 5.48. The maximum Gasteiger partial charge on any atom is 0.341 e. The van der Waals surface area contributed by atoms with E-state index in [4.69, 9.17) is 4.74 Å². The summed E-state index contributed by atoms with van der Waals surface area (Å²) < 4.78 is 5.44. The molecule has 0 saturated heterocycles. The largest absolute Gasteiger partial charge is 0.459 e. The fourth-order valence-electron chi connectivity index (χ4n) is 3.02. The predicted molar refractivity (Wildman–Crippen MR) is 108 cm³/mol. The number of aryl methyl sites for hydroxylation is 1. The van der Waals surface area contributed by atoms with Gasteiger partial charge in [-0.15, -0.1) is 22.7 Å². The first-order chi connectivity index (χ1) is 12.5. The predicted octanol–water partition coefficient (Wildman–Crippen LogP) is 5.30. The zero-order valence-corrected chi connectivity index (χ0v) is 16.7. The highest BCUT2D eigenvalue weighted by Crippen LogP contribution is 2.38. The fourth-order valence-corrected chi connectivity index (χ4v) is 4.92. The number of fused-ring (bicyclic) bond motifs is 1. The van der Waals surface area contributed by atoms with Gasteiger partial charge in [0.2, 0.25) is 5.91 Å². The van der Waals surface area contributed by atoms with Crippen LogP contribution < -0.4 is 5.32 Å². The highest BCUT2D eigenvalue weighted by atomic mass is 32.1. The Bertz CT molecular complexity index is 803. The average Bonchev–Trinajstić information content (AvgIpc) is 3.15. The molecule has 6 heteroatoms. The van der Waals surface area contributed by atoms with Crippen LogP contribution in [0.15, 0.2) is 23.6 Å². The molecule has 0 aromatic carbocycles. The number of anilines is 1. The van der Waals surface area contributed by atoms with Gasteiger partial charge in [-0.1, -0.05) is 12.5 Å². The molecule has 0 unspecified atom stereocenters. The Labute approximate surface area is 161 Å². The SMILES string of the molecule is CC(C)OC(=O)c1c(NC(=O)/C=C/c2cccs2)sc2c1CCCCC2. The molecule has 3 rings (SSSR count). The third-order valence-electron chi connectivity index (χ3n) is 4.15. The van der Waals surface area contributed by atoms with E-state index >= 15 is 0 Å². The summed E-state index contributed by atoms with van der Waals surface area (Å²) in [6.45, 7) is 3.68. The van der Waals surface area contributed by atoms with Crippen molar-refractivity contribution in [3.05, 3.63) is 44.5 Å². The first kappa shape index (κ1) is 18.9. The molecular formula is C20H23NO3S2. The molecule has 4 nitrogen and oxygen atoms in total. The van der Waals surface area contributed by atoms with E-state index in [1.807, 2.05) is 31.4 Å². The van der Waals surface area contributed by atoms with E-state index in [1.54, 1.807) is 17.4 Å². The Balaban J connectivity index is 1.85. The van der Waals surface area contributed by atoms with Gasteiger partial charge in [0, 0.05) is 15.8 Å². The van der Waals surface area contributed by atoms with Crippen molar-refractivity contribution in [3.8, 4) is 0 Å². The zero-order valence-electron chi connectivity index (χ0n) is 15.0. The zero-order chi connectivity index (χ0) is 18.5. The Hall–Kier alpha value is -1.92. The molecule has 1 aliphatic rings. The first-order valence-electron chi connectivity index (χ1n) is 8.92. The normalized spacial score (nSPS) is 14.3. The molecule has 0 atom stereocenters. The van der Waals surface area contributed by atoms with Crippen LogP contribution in [-0.4, -0.2) is 18.0 Å². The van der Waals surface area contributed by atoms with Gasteiger partial charge >= 0.3 is 5.97 Å². The first-order valence-corrected chi connectivity index (χ1v) is 10.6. The quantitative estimate of drug-likeness (QED) is 0.429. The lowest BCUT2D eigenvalue weighted by atomic mass is 10.1. The molecule has 1 amide bonds. The van der Waals surface area contributed by atoms with E-state index in [0.29, 0.717) is 10.6 Å². The molecule has 0 radical (unpaired) electrons. The molecule has 0 fully saturated rings. The van der Waals surface area contributed by atoms with Gasteiger partial charge in [0.1, 0.15) is 5.00 Å². The number of esters is 1. The summed E-state index contributed by atoms with van der Waals surface area (Å²) >= 11 is 3.09. The maximum absolute atomic E-state index is 12.7. The third kappa shape index (κ3) is 4.62. The van der Waals surface area contributed by atoms with Crippen molar-refractivity contribution < 1.29 is 14.3 Å². The van der Waals surface area contributed by atoms with Gasteiger partial charge in [0.05, 0.1) is 11.7 Å². The molecule has 1 N–H and O–H groups in total. The van der Waals surface area contributed by atoms with E-state index in [9.17, 15) is 9.59 Å². The van der Waals surface area contributed by atoms with Crippen LogP contribution in [0.4, 0.5) is 5.00 Å². The van der Waals surface area contributed by atoms with Gasteiger partial charge in [-0.2, -0.15) is 0 Å². The minimum atomic E-state index is -0.336. The minimum absolute atomic E-state index is 0.189. The number of carbonyl (C=O) groups is 2. The van der Waals surface area contributed by atoms with Gasteiger partial charge in [0.25, 0.3) is 0 Å². The lowest BCUT2D eigenvalue weighted by molar-refractivity contribution is -0.111. The lowest BCUT2D eigenvalue weighted by Gasteiger charge is -2.11. The number of rotatable bonds is 5. The lowest BCUT2D eigenvalue weighted by Crippen LogP contribution is -2.16. The van der Waals surface area contributed by atoms with Gasteiger partial charge in [-0.05, 0) is 62.6 Å². The number of amides is 1. The highest BCUT2D eigenvalue weighted by molar-refractivity contribution is 7.17.